The van der Waals surface area contributed by atoms with Gasteiger partial charge in [-0.2, -0.15) is 0 Å². The number of nitrogens with one attached hydrogen (secondary N) is 3. The Labute approximate surface area is 149 Å². The second-order valence-corrected chi connectivity index (χ2v) is 5.17. The molecule has 4 nitrogen and oxygen atoms in total. The molecule has 0 heterocycles. The molecule has 122 valence electrons. The van der Waals surface area contributed by atoms with E-state index in [-0.39, 0.29) is 40.0 Å². The van der Waals surface area contributed by atoms with Crippen molar-refractivity contribution in [3.63, 3.8) is 0 Å². The predicted octanol–water partition coefficient (Wildman–Crippen LogP) is 3.22. The molecular formula is C15H28Br2N4. The van der Waals surface area contributed by atoms with Crippen molar-refractivity contribution in [3.8, 4) is 0 Å². The Balaban J connectivity index is 0. The third-order valence-corrected chi connectivity index (χ3v) is 2.51. The molecule has 0 amide bonds. The summed E-state index contributed by atoms with van der Waals surface area (Å²) in [6, 6.07) is 9.14. The summed E-state index contributed by atoms with van der Waals surface area (Å²) in [7, 11) is 1.87. The first-order valence-electron chi connectivity index (χ1n) is 6.86. The maximum Gasteiger partial charge on any atom is 0.128 e. The molecule has 0 saturated carbocycles. The highest BCUT2D eigenvalue weighted by Gasteiger charge is 2.06. The van der Waals surface area contributed by atoms with Gasteiger partial charge in [-0.15, -0.1) is 34.0 Å². The molecule has 1 aromatic carbocycles. The number of rotatable bonds is 6. The number of hydrazine groups is 1. The van der Waals surface area contributed by atoms with Crippen LogP contribution in [0.3, 0.4) is 0 Å². The van der Waals surface area contributed by atoms with E-state index in [9.17, 15) is 0 Å². The number of nitrogens with zero attached hydrogens (tertiary/aromatic N) is 1. The van der Waals surface area contributed by atoms with E-state index in [4.69, 9.17) is 0 Å². The maximum atomic E-state index is 4.66. The van der Waals surface area contributed by atoms with Crippen molar-refractivity contribution in [1.82, 2.24) is 16.2 Å². The van der Waals surface area contributed by atoms with Gasteiger partial charge in [-0.3, -0.25) is 15.8 Å². The Morgan fingerprint density at radius 1 is 1.05 bits per heavy atom. The van der Waals surface area contributed by atoms with Gasteiger partial charge in [0.05, 0.1) is 0 Å². The highest BCUT2D eigenvalue weighted by molar-refractivity contribution is 8.93. The van der Waals surface area contributed by atoms with Gasteiger partial charge in [0.2, 0.25) is 0 Å². The molecule has 0 saturated heterocycles. The van der Waals surface area contributed by atoms with Crippen LogP contribution in [0.1, 0.15) is 38.8 Å². The first-order valence-corrected chi connectivity index (χ1v) is 6.86. The third-order valence-electron chi connectivity index (χ3n) is 2.51. The molecule has 0 atom stereocenters. The average Bonchev–Trinajstić information content (AvgIpc) is 2.35. The lowest BCUT2D eigenvalue weighted by Crippen LogP contribution is -2.32. The fourth-order valence-corrected chi connectivity index (χ4v) is 1.70. The van der Waals surface area contributed by atoms with Gasteiger partial charge in [0.25, 0.3) is 0 Å². The summed E-state index contributed by atoms with van der Waals surface area (Å²) in [5.41, 5.74) is 8.38. The number of hydrogen-bond acceptors (Lipinski definition) is 3. The SMILES string of the molecule is Br.Br.CNNCc1ccc(/C(=N\C(C)C)NC(C)C)cc1. The van der Waals surface area contributed by atoms with E-state index in [1.807, 2.05) is 7.05 Å². The van der Waals surface area contributed by atoms with E-state index in [2.05, 4.69) is 73.1 Å². The lowest BCUT2D eigenvalue weighted by atomic mass is 10.1. The lowest BCUT2D eigenvalue weighted by Gasteiger charge is -2.15. The summed E-state index contributed by atoms with van der Waals surface area (Å²) in [6.07, 6.45) is 0. The zero-order valence-electron chi connectivity index (χ0n) is 13.4. The van der Waals surface area contributed by atoms with Crippen molar-refractivity contribution < 1.29 is 0 Å². The molecule has 0 aliphatic heterocycles. The lowest BCUT2D eigenvalue weighted by molar-refractivity contribution is 0.596. The van der Waals surface area contributed by atoms with Crippen LogP contribution in [0.4, 0.5) is 0 Å². The summed E-state index contributed by atoms with van der Waals surface area (Å²) in [4.78, 5) is 4.66. The molecule has 0 spiro atoms. The van der Waals surface area contributed by atoms with Gasteiger partial charge < -0.3 is 5.32 Å². The van der Waals surface area contributed by atoms with Crippen LogP contribution in [0.25, 0.3) is 0 Å². The standard InChI is InChI=1S/C15H26N4.2BrH/c1-11(2)18-15(19-12(3)4)14-8-6-13(7-9-14)10-17-16-5;;/h6-9,11-12,16-17H,10H2,1-5H3,(H,18,19);2*1H. The number of halogens is 2. The Kier molecular flexibility index (Phi) is 13.2. The van der Waals surface area contributed by atoms with Crippen LogP contribution in [0, 0.1) is 0 Å². The molecule has 0 radical (unpaired) electrons. The van der Waals surface area contributed by atoms with Gasteiger partial charge in [0, 0.05) is 24.2 Å². The number of benzene rings is 1. The van der Waals surface area contributed by atoms with E-state index < -0.39 is 0 Å². The predicted molar refractivity (Wildman–Crippen MR) is 103 cm³/mol. The zero-order valence-corrected chi connectivity index (χ0v) is 16.9. The molecule has 0 aliphatic rings. The number of hydrogen-bond donors (Lipinski definition) is 3. The molecular weight excluding hydrogens is 396 g/mol. The quantitative estimate of drug-likeness (QED) is 0.374. The maximum absolute atomic E-state index is 4.66. The highest BCUT2D eigenvalue weighted by Crippen LogP contribution is 2.06. The first-order chi connectivity index (χ1) is 9.02. The normalized spacial score (nSPS) is 11.1. The highest BCUT2D eigenvalue weighted by atomic mass is 79.9. The van der Waals surface area contributed by atoms with Crippen LogP contribution in [0.2, 0.25) is 0 Å². The molecule has 0 aliphatic carbocycles. The van der Waals surface area contributed by atoms with Crippen LogP contribution < -0.4 is 16.2 Å². The molecule has 0 bridgehead atoms. The van der Waals surface area contributed by atoms with Crippen LogP contribution in [-0.4, -0.2) is 25.0 Å². The van der Waals surface area contributed by atoms with E-state index in [1.165, 1.54) is 5.56 Å². The van der Waals surface area contributed by atoms with E-state index in [0.29, 0.717) is 6.04 Å². The van der Waals surface area contributed by atoms with Gasteiger partial charge in [0.1, 0.15) is 5.84 Å². The van der Waals surface area contributed by atoms with Crippen molar-refractivity contribution in [2.45, 2.75) is 46.3 Å². The summed E-state index contributed by atoms with van der Waals surface area (Å²) in [6.45, 7) is 9.24. The molecule has 0 fully saturated rings. The Morgan fingerprint density at radius 3 is 2.05 bits per heavy atom. The van der Waals surface area contributed by atoms with Gasteiger partial charge in [-0.05, 0) is 40.3 Å². The van der Waals surface area contributed by atoms with Crippen LogP contribution in [-0.2, 0) is 6.54 Å². The van der Waals surface area contributed by atoms with Crippen LogP contribution in [0.15, 0.2) is 29.3 Å². The molecule has 21 heavy (non-hydrogen) atoms. The van der Waals surface area contributed by atoms with E-state index in [1.54, 1.807) is 0 Å². The van der Waals surface area contributed by atoms with Crippen LogP contribution in [0.5, 0.6) is 0 Å². The van der Waals surface area contributed by atoms with E-state index in [0.717, 1.165) is 17.9 Å². The van der Waals surface area contributed by atoms with Crippen molar-refractivity contribution in [2.24, 2.45) is 4.99 Å². The minimum absolute atomic E-state index is 0. The number of amidine groups is 1. The van der Waals surface area contributed by atoms with Gasteiger partial charge in [-0.1, -0.05) is 24.3 Å². The molecule has 6 heteroatoms. The number of aliphatic imine (C=N–C) groups is 1. The van der Waals surface area contributed by atoms with Crippen molar-refractivity contribution in [2.75, 3.05) is 7.05 Å². The van der Waals surface area contributed by atoms with Crippen molar-refractivity contribution in [1.29, 1.82) is 0 Å². The molecule has 3 N–H and O–H groups in total. The monoisotopic (exact) mass is 422 g/mol. The van der Waals surface area contributed by atoms with Gasteiger partial charge >= 0.3 is 0 Å². The Hall–Kier alpha value is -0.430. The largest absolute Gasteiger partial charge is 0.368 e. The van der Waals surface area contributed by atoms with Crippen molar-refractivity contribution in [3.05, 3.63) is 35.4 Å². The minimum Gasteiger partial charge on any atom is -0.368 e. The zero-order chi connectivity index (χ0) is 14.3. The summed E-state index contributed by atoms with van der Waals surface area (Å²) in [5, 5.41) is 3.41. The minimum atomic E-state index is 0. The smallest absolute Gasteiger partial charge is 0.128 e. The second-order valence-electron chi connectivity index (χ2n) is 5.17. The van der Waals surface area contributed by atoms with Crippen molar-refractivity contribution >= 4 is 39.8 Å². The Bertz CT molecular complexity index is 403. The van der Waals surface area contributed by atoms with Crippen LogP contribution >= 0.6 is 34.0 Å². The third kappa shape index (κ3) is 9.24. The summed E-state index contributed by atoms with van der Waals surface area (Å²) in [5.74, 6) is 0.970. The molecule has 0 unspecified atom stereocenters. The fourth-order valence-electron chi connectivity index (χ4n) is 1.70. The van der Waals surface area contributed by atoms with E-state index >= 15 is 0 Å². The second kappa shape index (κ2) is 12.1. The van der Waals surface area contributed by atoms with Gasteiger partial charge in [0.15, 0.2) is 0 Å². The van der Waals surface area contributed by atoms with Gasteiger partial charge in [-0.25, -0.2) is 0 Å². The Morgan fingerprint density at radius 2 is 1.62 bits per heavy atom. The average molecular weight is 424 g/mol. The molecule has 0 aromatic heterocycles. The summed E-state index contributed by atoms with van der Waals surface area (Å²) >= 11 is 0. The topological polar surface area (TPSA) is 48.5 Å². The molecule has 1 rings (SSSR count). The first kappa shape index (κ1) is 22.8. The fraction of sp³-hybridized carbons (Fsp3) is 0.533. The molecule has 1 aromatic rings. The summed E-state index contributed by atoms with van der Waals surface area (Å²) < 4.78 is 0.